The van der Waals surface area contributed by atoms with Gasteiger partial charge in [-0.3, -0.25) is 10.00 Å². The number of hydrogen-bond donors (Lipinski definition) is 1. The van der Waals surface area contributed by atoms with Crippen molar-refractivity contribution < 1.29 is 0 Å². The van der Waals surface area contributed by atoms with Gasteiger partial charge >= 0.3 is 0 Å². The number of nitrogens with zero attached hydrogens (tertiary/aromatic N) is 4. The topological polar surface area (TPSA) is 49.7 Å². The Balaban J connectivity index is 0.00000205. The average Bonchev–Trinajstić information content (AvgIpc) is 3.50. The summed E-state index contributed by atoms with van der Waals surface area (Å²) in [5, 5.41) is 7.54. The zero-order chi connectivity index (χ0) is 18.8. The quantitative estimate of drug-likeness (QED) is 0.511. The molecule has 1 saturated heterocycles. The van der Waals surface area contributed by atoms with E-state index in [4.69, 9.17) is 4.98 Å². The summed E-state index contributed by atoms with van der Waals surface area (Å²) in [7, 11) is 0. The lowest BCUT2D eigenvalue weighted by molar-refractivity contribution is 0.331. The molecule has 29 heavy (non-hydrogen) atoms. The fraction of sp³-hybridized carbons (Fsp3) is 0.217. The molecular formula is C23H24ClN5. The van der Waals surface area contributed by atoms with E-state index in [2.05, 4.69) is 68.2 Å². The van der Waals surface area contributed by atoms with Crippen LogP contribution in [0, 0.1) is 0 Å². The Labute approximate surface area is 176 Å². The number of likely N-dealkylation sites (tertiary alicyclic amines) is 1. The smallest absolute Gasteiger partial charge is 0.181 e. The largest absolute Gasteiger partial charge is 0.324 e. The van der Waals surface area contributed by atoms with Gasteiger partial charge in [0, 0.05) is 35.8 Å². The molecule has 1 aliphatic heterocycles. The molecule has 3 heterocycles. The Morgan fingerprint density at radius 1 is 0.862 bits per heavy atom. The number of nitrogens with one attached hydrogen (secondary N) is 1. The van der Waals surface area contributed by atoms with E-state index in [0.29, 0.717) is 0 Å². The van der Waals surface area contributed by atoms with Gasteiger partial charge in [-0.05, 0) is 74.0 Å². The van der Waals surface area contributed by atoms with Crippen LogP contribution in [-0.4, -0.2) is 37.7 Å². The van der Waals surface area contributed by atoms with Crippen LogP contribution in [0.4, 0.5) is 0 Å². The highest BCUT2D eigenvalue weighted by atomic mass is 35.5. The molecule has 0 unspecified atom stereocenters. The van der Waals surface area contributed by atoms with Crippen molar-refractivity contribution in [2.24, 2.45) is 0 Å². The highest BCUT2D eigenvalue weighted by Gasteiger charge is 2.13. The van der Waals surface area contributed by atoms with Crippen LogP contribution in [0.15, 0.2) is 73.1 Å². The van der Waals surface area contributed by atoms with Crippen molar-refractivity contribution in [2.45, 2.75) is 19.4 Å². The van der Waals surface area contributed by atoms with Crippen molar-refractivity contribution >= 4 is 12.4 Å². The fourth-order valence-corrected chi connectivity index (χ4v) is 3.83. The van der Waals surface area contributed by atoms with Crippen LogP contribution < -0.4 is 0 Å². The van der Waals surface area contributed by atoms with Crippen LogP contribution in [0.5, 0.6) is 0 Å². The van der Waals surface area contributed by atoms with Crippen molar-refractivity contribution in [3.8, 4) is 28.5 Å². The lowest BCUT2D eigenvalue weighted by atomic mass is 10.1. The summed E-state index contributed by atoms with van der Waals surface area (Å²) in [6.45, 7) is 3.41. The lowest BCUT2D eigenvalue weighted by Gasteiger charge is -2.14. The van der Waals surface area contributed by atoms with Crippen molar-refractivity contribution in [2.75, 3.05) is 13.1 Å². The number of aromatic nitrogens is 4. The molecule has 1 N–H and O–H groups in total. The lowest BCUT2D eigenvalue weighted by Crippen LogP contribution is -2.18. The Morgan fingerprint density at radius 2 is 1.62 bits per heavy atom. The first-order valence-electron chi connectivity index (χ1n) is 9.83. The summed E-state index contributed by atoms with van der Waals surface area (Å²) in [5.41, 5.74) is 4.54. The molecular weight excluding hydrogens is 382 g/mol. The summed E-state index contributed by atoms with van der Waals surface area (Å²) >= 11 is 0. The predicted octanol–water partition coefficient (Wildman–Crippen LogP) is 4.95. The van der Waals surface area contributed by atoms with E-state index in [-0.39, 0.29) is 12.4 Å². The molecule has 0 bridgehead atoms. The Hall–Kier alpha value is -2.89. The summed E-state index contributed by atoms with van der Waals surface area (Å²) in [5.74, 6) is 1.53. The van der Waals surface area contributed by atoms with Crippen LogP contribution in [0.3, 0.4) is 0 Å². The standard InChI is InChI=1S/C23H23N5.ClH/c1-2-13-27(12-1)17-18-6-5-7-20(16-18)23-24-22(25-26-23)19-8-10-21(11-9-19)28-14-3-4-15-28;/h3-11,14-16H,1-2,12-13,17H2,(H,24,25,26);1H. The second-order valence-electron chi connectivity index (χ2n) is 7.33. The monoisotopic (exact) mass is 405 g/mol. The number of rotatable bonds is 5. The third-order valence-electron chi connectivity index (χ3n) is 5.32. The van der Waals surface area contributed by atoms with Gasteiger partial charge in [-0.1, -0.05) is 18.2 Å². The maximum absolute atomic E-state index is 4.73. The Kier molecular flexibility index (Phi) is 5.79. The minimum atomic E-state index is 0. The number of benzene rings is 2. The summed E-state index contributed by atoms with van der Waals surface area (Å²) in [6.07, 6.45) is 6.70. The van der Waals surface area contributed by atoms with E-state index >= 15 is 0 Å². The Morgan fingerprint density at radius 3 is 2.38 bits per heavy atom. The van der Waals surface area contributed by atoms with E-state index < -0.39 is 0 Å². The van der Waals surface area contributed by atoms with Crippen LogP contribution in [0.2, 0.25) is 0 Å². The molecule has 2 aromatic carbocycles. The first-order valence-corrected chi connectivity index (χ1v) is 9.83. The van der Waals surface area contributed by atoms with E-state index in [0.717, 1.165) is 35.0 Å². The molecule has 0 radical (unpaired) electrons. The van der Waals surface area contributed by atoms with E-state index in [1.54, 1.807) is 0 Å². The van der Waals surface area contributed by atoms with Gasteiger partial charge in [0.2, 0.25) is 0 Å². The highest BCUT2D eigenvalue weighted by Crippen LogP contribution is 2.23. The van der Waals surface area contributed by atoms with Gasteiger partial charge in [0.25, 0.3) is 0 Å². The van der Waals surface area contributed by atoms with Gasteiger partial charge < -0.3 is 4.57 Å². The molecule has 5 nitrogen and oxygen atoms in total. The highest BCUT2D eigenvalue weighted by molar-refractivity contribution is 5.85. The van der Waals surface area contributed by atoms with Crippen LogP contribution in [-0.2, 0) is 6.54 Å². The Bertz CT molecular complexity index is 1050. The van der Waals surface area contributed by atoms with Gasteiger partial charge in [-0.2, -0.15) is 5.10 Å². The molecule has 148 valence electrons. The summed E-state index contributed by atoms with van der Waals surface area (Å²) in [4.78, 5) is 7.24. The second kappa shape index (κ2) is 8.64. The van der Waals surface area contributed by atoms with E-state index in [1.165, 1.54) is 31.5 Å². The molecule has 0 saturated carbocycles. The third kappa shape index (κ3) is 4.26. The van der Waals surface area contributed by atoms with E-state index in [1.807, 2.05) is 24.5 Å². The van der Waals surface area contributed by atoms with Gasteiger partial charge in [0.1, 0.15) is 0 Å². The molecule has 4 aromatic rings. The third-order valence-corrected chi connectivity index (χ3v) is 5.32. The fourth-order valence-electron chi connectivity index (χ4n) is 3.83. The molecule has 1 aliphatic rings. The molecule has 0 amide bonds. The first kappa shape index (κ1) is 19.4. The number of halogens is 1. The number of aromatic amines is 1. The van der Waals surface area contributed by atoms with Crippen LogP contribution in [0.1, 0.15) is 18.4 Å². The normalized spacial score (nSPS) is 14.1. The maximum atomic E-state index is 4.73. The molecule has 0 aliphatic carbocycles. The van der Waals surface area contributed by atoms with Crippen molar-refractivity contribution in [1.29, 1.82) is 0 Å². The van der Waals surface area contributed by atoms with Gasteiger partial charge in [0.05, 0.1) is 0 Å². The summed E-state index contributed by atoms with van der Waals surface area (Å²) in [6, 6.07) is 21.0. The molecule has 6 heteroatoms. The van der Waals surface area contributed by atoms with Gasteiger partial charge in [-0.15, -0.1) is 12.4 Å². The average molecular weight is 406 g/mol. The molecule has 2 aromatic heterocycles. The zero-order valence-corrected chi connectivity index (χ0v) is 17.0. The van der Waals surface area contributed by atoms with Crippen LogP contribution in [0.25, 0.3) is 28.5 Å². The minimum absolute atomic E-state index is 0. The molecule has 5 rings (SSSR count). The number of hydrogen-bond acceptors (Lipinski definition) is 3. The minimum Gasteiger partial charge on any atom is -0.324 e. The maximum Gasteiger partial charge on any atom is 0.181 e. The van der Waals surface area contributed by atoms with E-state index in [9.17, 15) is 0 Å². The van der Waals surface area contributed by atoms with Crippen molar-refractivity contribution in [1.82, 2.24) is 24.6 Å². The van der Waals surface area contributed by atoms with Crippen molar-refractivity contribution in [3.05, 3.63) is 78.6 Å². The molecule has 0 atom stereocenters. The van der Waals surface area contributed by atoms with Gasteiger partial charge in [-0.25, -0.2) is 4.98 Å². The van der Waals surface area contributed by atoms with Gasteiger partial charge in [0.15, 0.2) is 11.6 Å². The second-order valence-corrected chi connectivity index (χ2v) is 7.33. The van der Waals surface area contributed by atoms with Crippen LogP contribution >= 0.6 is 12.4 Å². The summed E-state index contributed by atoms with van der Waals surface area (Å²) < 4.78 is 2.08. The van der Waals surface area contributed by atoms with Crippen molar-refractivity contribution in [3.63, 3.8) is 0 Å². The number of H-pyrrole nitrogens is 1. The SMILES string of the molecule is Cl.c1cc(CN2CCCC2)cc(-c2n[nH]c(-c3ccc(-n4cccc4)cc3)n2)c1. The first-order chi connectivity index (χ1) is 13.8. The molecule has 1 fully saturated rings. The zero-order valence-electron chi connectivity index (χ0n) is 16.2. The predicted molar refractivity (Wildman–Crippen MR) is 118 cm³/mol. The molecule has 0 spiro atoms.